The van der Waals surface area contributed by atoms with Crippen molar-refractivity contribution in [3.05, 3.63) is 40.7 Å². The number of amides is 1. The molecule has 1 aliphatic heterocycles. The first-order valence-electron chi connectivity index (χ1n) is 5.35. The number of benzene rings is 1. The van der Waals surface area contributed by atoms with Crippen molar-refractivity contribution in [3.8, 4) is 0 Å². The van der Waals surface area contributed by atoms with E-state index in [9.17, 15) is 9.18 Å². The average molecular weight is 342 g/mol. The normalized spacial score (nSPS) is 19.3. The molecule has 0 saturated heterocycles. The summed E-state index contributed by atoms with van der Waals surface area (Å²) >= 11 is 5.97. The van der Waals surface area contributed by atoms with E-state index in [1.807, 2.05) is 6.92 Å². The number of hydrogen-bond donors (Lipinski definition) is 0. The van der Waals surface area contributed by atoms with Gasteiger partial charge in [-0.1, -0.05) is 31.0 Å². The Kier molecular flexibility index (Phi) is 5.51. The van der Waals surface area contributed by atoms with Gasteiger partial charge in [-0.15, -0.1) is 17.3 Å². The maximum absolute atomic E-state index is 13.7. The average Bonchev–Trinajstić information content (AvgIpc) is 2.29. The van der Waals surface area contributed by atoms with Crippen molar-refractivity contribution in [1.29, 1.82) is 0 Å². The van der Waals surface area contributed by atoms with Gasteiger partial charge in [0.05, 0.1) is 5.82 Å². The Morgan fingerprint density at radius 3 is 2.78 bits per heavy atom. The quantitative estimate of drug-likeness (QED) is 0.719. The van der Waals surface area contributed by atoms with Crippen LogP contribution in [0.15, 0.2) is 18.2 Å². The molecule has 1 heterocycles. The summed E-state index contributed by atoms with van der Waals surface area (Å²) in [5, 5.41) is 0.293. The maximum atomic E-state index is 13.7. The van der Waals surface area contributed by atoms with Gasteiger partial charge >= 0.3 is 0 Å². The molecule has 2 nitrogen and oxygen atoms in total. The zero-order valence-corrected chi connectivity index (χ0v) is 13.8. The number of hydrogen-bond acceptors (Lipinski definition) is 1. The van der Waals surface area contributed by atoms with Gasteiger partial charge in [0, 0.05) is 45.7 Å². The van der Waals surface area contributed by atoms with E-state index in [0.717, 1.165) is 0 Å². The fraction of sp³-hybridized carbons (Fsp3) is 0.308. The maximum Gasteiger partial charge on any atom is 0.225 e. The molecule has 1 aromatic rings. The minimum Gasteiger partial charge on any atom is -0.350 e. The summed E-state index contributed by atoms with van der Waals surface area (Å²) in [5.74, 6) is -0.596. The monoisotopic (exact) mass is 341 g/mol. The Morgan fingerprint density at radius 2 is 2.17 bits per heavy atom. The molecule has 0 fully saturated rings. The van der Waals surface area contributed by atoms with Gasteiger partial charge in [-0.05, 0) is 11.1 Å². The molecule has 1 unspecified atom stereocenters. The van der Waals surface area contributed by atoms with E-state index in [2.05, 4.69) is 6.08 Å². The van der Waals surface area contributed by atoms with Crippen molar-refractivity contribution in [3.63, 3.8) is 0 Å². The Bertz CT molecular complexity index is 484. The summed E-state index contributed by atoms with van der Waals surface area (Å²) in [7, 11) is 1.61. The molecule has 0 aromatic heterocycles. The number of nitrogens with zero attached hydrogens (tertiary/aromatic N) is 1. The summed E-state index contributed by atoms with van der Waals surface area (Å²) in [6.45, 7) is 1.82. The molecular weight excluding hydrogens is 330 g/mol. The van der Waals surface area contributed by atoms with Crippen molar-refractivity contribution < 1.29 is 41.9 Å². The van der Waals surface area contributed by atoms with Crippen LogP contribution in [0.1, 0.15) is 18.9 Å². The Morgan fingerprint density at radius 1 is 1.50 bits per heavy atom. The van der Waals surface area contributed by atoms with Crippen LogP contribution in [0.25, 0.3) is 5.70 Å². The topological polar surface area (TPSA) is 20.3 Å². The Balaban J connectivity index is 0.00000162. The number of halogens is 2. The third-order valence-electron chi connectivity index (χ3n) is 2.86. The fourth-order valence-electron chi connectivity index (χ4n) is 1.88. The molecule has 0 aliphatic carbocycles. The van der Waals surface area contributed by atoms with E-state index < -0.39 is 5.82 Å². The molecule has 5 heteroatoms. The molecule has 0 bridgehead atoms. The summed E-state index contributed by atoms with van der Waals surface area (Å²) in [4.78, 5) is 13.2. The first kappa shape index (κ1) is 15.8. The second-order valence-corrected chi connectivity index (χ2v) is 4.53. The summed E-state index contributed by atoms with van der Waals surface area (Å²) in [6.07, 6.45) is 3.53. The molecule has 1 aliphatic rings. The zero-order valence-electron chi connectivity index (χ0n) is 10.2. The first-order valence-corrected chi connectivity index (χ1v) is 5.73. The third-order valence-corrected chi connectivity index (χ3v) is 3.18. The van der Waals surface area contributed by atoms with Gasteiger partial charge in [0.25, 0.3) is 0 Å². The van der Waals surface area contributed by atoms with Gasteiger partial charge in [0.15, 0.2) is 0 Å². The molecule has 0 spiro atoms. The minimum atomic E-state index is -0.436. The van der Waals surface area contributed by atoms with Crippen LogP contribution >= 0.6 is 11.6 Å². The van der Waals surface area contributed by atoms with Crippen molar-refractivity contribution in [2.75, 3.05) is 7.05 Å². The van der Waals surface area contributed by atoms with E-state index in [4.69, 9.17) is 11.6 Å². The van der Waals surface area contributed by atoms with Crippen molar-refractivity contribution in [2.24, 2.45) is 5.92 Å². The van der Waals surface area contributed by atoms with Crippen LogP contribution < -0.4 is 0 Å². The van der Waals surface area contributed by atoms with Crippen molar-refractivity contribution in [2.45, 2.75) is 13.3 Å². The Labute approximate surface area is 136 Å². The molecule has 0 N–H and O–H groups in total. The van der Waals surface area contributed by atoms with Crippen LogP contribution in [0.5, 0.6) is 0 Å². The predicted molar refractivity (Wildman–Crippen MR) is 64.6 cm³/mol. The largest absolute Gasteiger partial charge is 0.350 e. The van der Waals surface area contributed by atoms with Crippen LogP contribution in [0, 0.1) is 17.8 Å². The van der Waals surface area contributed by atoms with Crippen LogP contribution in [0.2, 0.25) is 5.02 Å². The minimum absolute atomic E-state index is 0. The summed E-state index contributed by atoms with van der Waals surface area (Å²) in [5.41, 5.74) is 0.674. The standard InChI is InChI=1S/C13H12ClFNO.Y/c1-8-6-7-11(16(2)13(8)17)12-9(14)4-3-5-10(12)15;/h3-5,8H,6H2,1-2H3;/q-1;. The molecular formula is C13H12ClFNOY-. The number of carbonyl (C=O) groups excluding carboxylic acids is 1. The molecule has 0 saturated carbocycles. The summed E-state index contributed by atoms with van der Waals surface area (Å²) < 4.78 is 13.7. The molecule has 1 aromatic carbocycles. The SMILES string of the molecule is CC1C[C-]=C(c2c(F)cccc2Cl)N(C)C1=O.[Y]. The summed E-state index contributed by atoms with van der Waals surface area (Å²) in [6, 6.07) is 4.46. The van der Waals surface area contributed by atoms with Gasteiger partial charge in [0.1, 0.15) is 0 Å². The van der Waals surface area contributed by atoms with Gasteiger partial charge in [-0.3, -0.25) is 4.79 Å². The number of allylic oxidation sites excluding steroid dienone is 1. The van der Waals surface area contributed by atoms with Crippen LogP contribution in [-0.4, -0.2) is 17.9 Å². The van der Waals surface area contributed by atoms with E-state index in [-0.39, 0.29) is 50.1 Å². The van der Waals surface area contributed by atoms with E-state index in [1.54, 1.807) is 13.1 Å². The second-order valence-electron chi connectivity index (χ2n) is 4.12. The second kappa shape index (κ2) is 6.27. The first-order chi connectivity index (χ1) is 8.02. The van der Waals surface area contributed by atoms with Crippen molar-refractivity contribution in [1.82, 2.24) is 4.90 Å². The molecule has 2 rings (SSSR count). The number of rotatable bonds is 1. The molecule has 1 atom stereocenters. The Hall–Kier alpha value is -0.246. The molecule has 18 heavy (non-hydrogen) atoms. The predicted octanol–water partition coefficient (Wildman–Crippen LogP) is 3.12. The van der Waals surface area contributed by atoms with Crippen molar-refractivity contribution >= 4 is 23.2 Å². The van der Waals surface area contributed by atoms with Crippen LogP contribution in [-0.2, 0) is 37.5 Å². The fourth-order valence-corrected chi connectivity index (χ4v) is 2.13. The van der Waals surface area contributed by atoms with Crippen LogP contribution in [0.3, 0.4) is 0 Å². The van der Waals surface area contributed by atoms with Gasteiger partial charge in [-0.2, -0.15) is 0 Å². The van der Waals surface area contributed by atoms with E-state index in [0.29, 0.717) is 17.1 Å². The zero-order chi connectivity index (χ0) is 12.6. The smallest absolute Gasteiger partial charge is 0.225 e. The molecule has 1 radical (unpaired) electrons. The van der Waals surface area contributed by atoms with E-state index in [1.165, 1.54) is 17.0 Å². The molecule has 1 amide bonds. The van der Waals surface area contributed by atoms with Gasteiger partial charge in [-0.25, -0.2) is 10.5 Å². The van der Waals surface area contributed by atoms with E-state index >= 15 is 0 Å². The van der Waals surface area contributed by atoms with Crippen LogP contribution in [0.4, 0.5) is 4.39 Å². The number of carbonyl (C=O) groups is 1. The van der Waals surface area contributed by atoms with Gasteiger partial charge in [0.2, 0.25) is 5.91 Å². The molecule has 93 valence electrons. The third kappa shape index (κ3) is 2.84. The van der Waals surface area contributed by atoms with Gasteiger partial charge < -0.3 is 4.90 Å².